The number of amides is 1. The number of rotatable bonds is 6. The fraction of sp³-hybridized carbons (Fsp3) is 0.0385. The number of esters is 1. The smallest absolute Gasteiger partial charge is 0.338 e. The molecule has 34 heavy (non-hydrogen) atoms. The second-order valence-electron chi connectivity index (χ2n) is 7.14. The van der Waals surface area contributed by atoms with E-state index in [0.717, 1.165) is 11.1 Å². The molecule has 4 aromatic rings. The second kappa shape index (κ2) is 10.3. The van der Waals surface area contributed by atoms with Gasteiger partial charge in [0.25, 0.3) is 5.91 Å². The summed E-state index contributed by atoms with van der Waals surface area (Å²) in [6.07, 6.45) is 0. The molecule has 0 saturated carbocycles. The average molecular weight is 491 g/mol. The van der Waals surface area contributed by atoms with Crippen molar-refractivity contribution >= 4 is 41.0 Å². The van der Waals surface area contributed by atoms with Crippen LogP contribution in [0.15, 0.2) is 83.3 Å². The van der Waals surface area contributed by atoms with Crippen molar-refractivity contribution < 1.29 is 18.7 Å². The normalized spacial score (nSPS) is 10.4. The first-order chi connectivity index (χ1) is 16.5. The van der Waals surface area contributed by atoms with Crippen LogP contribution >= 0.6 is 23.2 Å². The molecular formula is C26H16Cl2N2O4. The lowest BCUT2D eigenvalue weighted by molar-refractivity contribution is -0.119. The molecule has 8 heteroatoms. The fourth-order valence-electron chi connectivity index (χ4n) is 3.35. The van der Waals surface area contributed by atoms with Crippen molar-refractivity contribution in [2.45, 2.75) is 0 Å². The number of nitrogens with zero attached hydrogens (tertiary/aromatic N) is 1. The number of nitrogens with one attached hydrogen (secondary N) is 1. The lowest BCUT2D eigenvalue weighted by Crippen LogP contribution is -2.21. The number of carbonyl (C=O) groups is 2. The van der Waals surface area contributed by atoms with Crippen molar-refractivity contribution in [3.05, 3.63) is 100 Å². The first kappa shape index (κ1) is 23.1. The van der Waals surface area contributed by atoms with Gasteiger partial charge in [-0.15, -0.1) is 0 Å². The van der Waals surface area contributed by atoms with Gasteiger partial charge in [-0.05, 0) is 23.8 Å². The minimum Gasteiger partial charge on any atom is -0.452 e. The molecule has 0 saturated heterocycles. The highest BCUT2D eigenvalue weighted by Crippen LogP contribution is 2.41. The van der Waals surface area contributed by atoms with E-state index in [2.05, 4.69) is 11.4 Å². The highest BCUT2D eigenvalue weighted by molar-refractivity contribution is 6.35. The molecule has 0 spiro atoms. The van der Waals surface area contributed by atoms with E-state index in [1.54, 1.807) is 0 Å². The van der Waals surface area contributed by atoms with Crippen LogP contribution in [0.4, 0.5) is 5.88 Å². The number of nitriles is 1. The quantitative estimate of drug-likeness (QED) is 0.307. The monoisotopic (exact) mass is 490 g/mol. The summed E-state index contributed by atoms with van der Waals surface area (Å²) in [6.45, 7) is -0.601. The number of halogens is 2. The topological polar surface area (TPSA) is 92.3 Å². The molecule has 1 aromatic heterocycles. The van der Waals surface area contributed by atoms with Crippen LogP contribution in [0, 0.1) is 11.3 Å². The van der Waals surface area contributed by atoms with Gasteiger partial charge in [0.15, 0.2) is 6.61 Å². The van der Waals surface area contributed by atoms with E-state index in [4.69, 9.17) is 32.4 Å². The molecule has 0 fully saturated rings. The van der Waals surface area contributed by atoms with Gasteiger partial charge in [0.2, 0.25) is 5.88 Å². The molecule has 0 bridgehead atoms. The van der Waals surface area contributed by atoms with Gasteiger partial charge in [-0.2, -0.15) is 5.26 Å². The Labute approximate surface area is 205 Å². The van der Waals surface area contributed by atoms with Crippen molar-refractivity contribution in [1.82, 2.24) is 0 Å². The standard InChI is InChI=1S/C26H16Cl2N2O4/c27-19-11-18(12-20(28)13-19)26(32)33-15-22(31)30-25-21(14-29)23(16-7-3-1-4-8-16)24(34-25)17-9-5-2-6-10-17/h1-13H,15H2,(H,30,31). The average Bonchev–Trinajstić information content (AvgIpc) is 3.21. The zero-order valence-electron chi connectivity index (χ0n) is 17.5. The summed E-state index contributed by atoms with van der Waals surface area (Å²) in [7, 11) is 0. The summed E-state index contributed by atoms with van der Waals surface area (Å²) >= 11 is 11.8. The van der Waals surface area contributed by atoms with Crippen LogP contribution in [-0.2, 0) is 9.53 Å². The Balaban J connectivity index is 1.59. The molecule has 3 aromatic carbocycles. The van der Waals surface area contributed by atoms with Crippen molar-refractivity contribution in [2.24, 2.45) is 0 Å². The van der Waals surface area contributed by atoms with E-state index in [0.29, 0.717) is 11.3 Å². The molecule has 0 radical (unpaired) electrons. The first-order valence-corrected chi connectivity index (χ1v) is 10.8. The molecule has 0 aliphatic rings. The first-order valence-electron chi connectivity index (χ1n) is 10.1. The van der Waals surface area contributed by atoms with Crippen LogP contribution in [0.1, 0.15) is 15.9 Å². The van der Waals surface area contributed by atoms with Gasteiger partial charge in [-0.1, -0.05) is 83.9 Å². The minimum atomic E-state index is -0.769. The van der Waals surface area contributed by atoms with E-state index in [1.807, 2.05) is 60.7 Å². The maximum atomic E-state index is 12.5. The molecule has 1 amide bonds. The molecule has 6 nitrogen and oxygen atoms in total. The van der Waals surface area contributed by atoms with Crippen LogP contribution in [0.2, 0.25) is 10.0 Å². The highest BCUT2D eigenvalue weighted by Gasteiger charge is 2.24. The van der Waals surface area contributed by atoms with Crippen LogP contribution in [-0.4, -0.2) is 18.5 Å². The molecule has 1 N–H and O–H groups in total. The van der Waals surface area contributed by atoms with Crippen molar-refractivity contribution in [3.63, 3.8) is 0 Å². The summed E-state index contributed by atoms with van der Waals surface area (Å²) in [6, 6.07) is 24.8. The predicted octanol–water partition coefficient (Wildman–Crippen LogP) is 6.59. The number of hydrogen-bond acceptors (Lipinski definition) is 5. The maximum Gasteiger partial charge on any atom is 0.338 e. The number of carbonyl (C=O) groups excluding carboxylic acids is 2. The minimum absolute atomic E-state index is 0.0351. The number of benzene rings is 3. The zero-order valence-corrected chi connectivity index (χ0v) is 19.1. The van der Waals surface area contributed by atoms with E-state index in [1.165, 1.54) is 18.2 Å². The summed E-state index contributed by atoms with van der Waals surface area (Å²) in [5.41, 5.74) is 2.31. The van der Waals surface area contributed by atoms with Crippen LogP contribution in [0.25, 0.3) is 22.5 Å². The second-order valence-corrected chi connectivity index (χ2v) is 8.01. The Morgan fingerprint density at radius 3 is 2.09 bits per heavy atom. The highest BCUT2D eigenvalue weighted by atomic mass is 35.5. The number of ether oxygens (including phenoxy) is 1. The van der Waals surface area contributed by atoms with Gasteiger partial charge in [-0.3, -0.25) is 10.1 Å². The van der Waals surface area contributed by atoms with Gasteiger partial charge < -0.3 is 9.15 Å². The fourth-order valence-corrected chi connectivity index (χ4v) is 3.87. The number of anilines is 1. The largest absolute Gasteiger partial charge is 0.452 e. The number of furan rings is 1. The Morgan fingerprint density at radius 2 is 1.50 bits per heavy atom. The third-order valence-corrected chi connectivity index (χ3v) is 5.24. The van der Waals surface area contributed by atoms with Gasteiger partial charge in [0.05, 0.1) is 5.56 Å². The molecule has 168 valence electrons. The van der Waals surface area contributed by atoms with E-state index in [-0.39, 0.29) is 27.1 Å². The molecule has 0 atom stereocenters. The van der Waals surface area contributed by atoms with Gasteiger partial charge in [0, 0.05) is 21.2 Å². The molecule has 4 rings (SSSR count). The van der Waals surface area contributed by atoms with Crippen LogP contribution < -0.4 is 5.32 Å². The maximum absolute atomic E-state index is 12.5. The molecule has 0 aliphatic carbocycles. The van der Waals surface area contributed by atoms with Gasteiger partial charge >= 0.3 is 5.97 Å². The van der Waals surface area contributed by atoms with Crippen LogP contribution in [0.5, 0.6) is 0 Å². The Bertz CT molecular complexity index is 1370. The summed E-state index contributed by atoms with van der Waals surface area (Å²) in [4.78, 5) is 24.8. The third-order valence-electron chi connectivity index (χ3n) is 4.80. The summed E-state index contributed by atoms with van der Waals surface area (Å²) < 4.78 is 11.0. The van der Waals surface area contributed by atoms with E-state index in [9.17, 15) is 14.9 Å². The number of hydrogen-bond donors (Lipinski definition) is 1. The van der Waals surface area contributed by atoms with E-state index < -0.39 is 18.5 Å². The molecule has 1 heterocycles. The van der Waals surface area contributed by atoms with Crippen molar-refractivity contribution in [1.29, 1.82) is 5.26 Å². The SMILES string of the molecule is N#Cc1c(NC(=O)COC(=O)c2cc(Cl)cc(Cl)c2)oc(-c2ccccc2)c1-c1ccccc1. The third kappa shape index (κ3) is 5.12. The molecule has 0 aliphatic heterocycles. The summed E-state index contributed by atoms with van der Waals surface area (Å²) in [5, 5.41) is 12.9. The Kier molecular flexibility index (Phi) is 6.98. The van der Waals surface area contributed by atoms with Crippen molar-refractivity contribution in [3.8, 4) is 28.5 Å². The molecule has 0 unspecified atom stereocenters. The Hall–Kier alpha value is -4.05. The van der Waals surface area contributed by atoms with Gasteiger partial charge in [0.1, 0.15) is 17.4 Å². The lowest BCUT2D eigenvalue weighted by atomic mass is 9.98. The van der Waals surface area contributed by atoms with E-state index >= 15 is 0 Å². The van der Waals surface area contributed by atoms with Crippen molar-refractivity contribution in [2.75, 3.05) is 11.9 Å². The predicted molar refractivity (Wildman–Crippen MR) is 130 cm³/mol. The van der Waals surface area contributed by atoms with Crippen LogP contribution in [0.3, 0.4) is 0 Å². The molecular weight excluding hydrogens is 475 g/mol. The van der Waals surface area contributed by atoms with Gasteiger partial charge in [-0.25, -0.2) is 4.79 Å². The lowest BCUT2D eigenvalue weighted by Gasteiger charge is -2.06. The summed E-state index contributed by atoms with van der Waals surface area (Å²) in [5.74, 6) is -1.04. The zero-order chi connectivity index (χ0) is 24.1. The Morgan fingerprint density at radius 1 is 0.912 bits per heavy atom.